The number of carbonyl (C=O) groups is 1. The number of hydrogen-bond donors (Lipinski definition) is 2. The Balaban J connectivity index is 1.91. The average Bonchev–Trinajstić information content (AvgIpc) is 3.36. The Morgan fingerprint density at radius 1 is 0.943 bits per heavy atom. The van der Waals surface area contributed by atoms with Crippen LogP contribution in [0.1, 0.15) is 24.4 Å². The van der Waals surface area contributed by atoms with Crippen molar-refractivity contribution in [1.29, 1.82) is 0 Å². The molecule has 2 N–H and O–H groups in total. The maximum absolute atomic E-state index is 13.1. The zero-order valence-electron chi connectivity index (χ0n) is 18.8. The summed E-state index contributed by atoms with van der Waals surface area (Å²) in [5.74, 6) is -1.19. The van der Waals surface area contributed by atoms with E-state index in [9.17, 15) is 15.0 Å². The van der Waals surface area contributed by atoms with Crippen LogP contribution in [0.3, 0.4) is 0 Å². The molecule has 3 aromatic heterocycles. The van der Waals surface area contributed by atoms with Gasteiger partial charge in [0.15, 0.2) is 17.5 Å². The van der Waals surface area contributed by atoms with Gasteiger partial charge in [-0.25, -0.2) is 9.55 Å². The minimum atomic E-state index is -0.395. The van der Waals surface area contributed by atoms with Crippen molar-refractivity contribution in [2.24, 2.45) is 5.92 Å². The number of rotatable bonds is 5. The van der Waals surface area contributed by atoms with E-state index in [0.717, 1.165) is 5.56 Å². The molecule has 0 amide bonds. The van der Waals surface area contributed by atoms with Gasteiger partial charge in [0.1, 0.15) is 5.69 Å². The summed E-state index contributed by atoms with van der Waals surface area (Å²) in [6, 6.07) is 19.0. The number of ketones is 1. The molecule has 35 heavy (non-hydrogen) atoms. The average molecular weight is 507 g/mol. The van der Waals surface area contributed by atoms with Crippen molar-refractivity contribution in [3.63, 3.8) is 0 Å². The van der Waals surface area contributed by atoms with Gasteiger partial charge in [0, 0.05) is 39.2 Å². The van der Waals surface area contributed by atoms with Gasteiger partial charge in [0.05, 0.1) is 11.1 Å². The summed E-state index contributed by atoms with van der Waals surface area (Å²) in [6.07, 6.45) is 0. The second kappa shape index (κ2) is 8.80. The third kappa shape index (κ3) is 3.95. The lowest BCUT2D eigenvalue weighted by molar-refractivity contribution is 0.0913. The summed E-state index contributed by atoms with van der Waals surface area (Å²) in [7, 11) is 0. The van der Waals surface area contributed by atoms with Gasteiger partial charge < -0.3 is 14.6 Å². The van der Waals surface area contributed by atoms with Crippen molar-refractivity contribution in [3.05, 3.63) is 82.5 Å². The SMILES string of the molecule is CC(C)C(=O)c1oc2nc(-c3ccccc3Cl)c(-c3ccc(Cl)cc3)cc2c1-n1c(O)ccc1O. The third-order valence-corrected chi connectivity index (χ3v) is 6.33. The normalized spacial score (nSPS) is 11.5. The number of nitrogens with zero attached hydrogens (tertiary/aromatic N) is 2. The summed E-state index contributed by atoms with van der Waals surface area (Å²) in [5, 5.41) is 22.5. The first-order valence-corrected chi connectivity index (χ1v) is 11.6. The van der Waals surface area contributed by atoms with Crippen molar-refractivity contribution in [2.75, 3.05) is 0 Å². The molecule has 5 aromatic rings. The molecule has 5 rings (SSSR count). The summed E-state index contributed by atoms with van der Waals surface area (Å²) in [6.45, 7) is 3.49. The highest BCUT2D eigenvalue weighted by Crippen LogP contribution is 2.42. The molecule has 0 atom stereocenters. The molecular formula is C27H20Cl2N2O4. The van der Waals surface area contributed by atoms with E-state index in [2.05, 4.69) is 0 Å². The standard InChI is InChI=1S/C27H20Cl2N2O4/c1-14(2)25(34)26-24(31-21(32)11-12-22(31)33)19-13-18(15-7-9-16(28)10-8-15)23(30-27(19)35-26)17-5-3-4-6-20(17)29/h3-14,32-33H,1-2H3. The number of carbonyl (C=O) groups excluding carboxylic acids is 1. The van der Waals surface area contributed by atoms with Gasteiger partial charge in [-0.3, -0.25) is 4.79 Å². The molecule has 0 aliphatic heterocycles. The summed E-state index contributed by atoms with van der Waals surface area (Å²) in [5.41, 5.74) is 3.14. The predicted molar refractivity (Wildman–Crippen MR) is 137 cm³/mol. The number of hydrogen-bond acceptors (Lipinski definition) is 5. The number of fused-ring (bicyclic) bond motifs is 1. The molecule has 2 aromatic carbocycles. The first kappa shape index (κ1) is 23.0. The largest absolute Gasteiger partial charge is 0.494 e. The molecule has 3 heterocycles. The Hall–Kier alpha value is -3.74. The lowest BCUT2D eigenvalue weighted by atomic mass is 9.97. The highest BCUT2D eigenvalue weighted by atomic mass is 35.5. The van der Waals surface area contributed by atoms with Crippen molar-refractivity contribution in [2.45, 2.75) is 13.8 Å². The number of benzene rings is 2. The Kier molecular flexibility index (Phi) is 5.79. The van der Waals surface area contributed by atoms with Crippen molar-refractivity contribution in [3.8, 4) is 39.8 Å². The van der Waals surface area contributed by atoms with Crippen LogP contribution >= 0.6 is 23.2 Å². The van der Waals surface area contributed by atoms with Gasteiger partial charge in [-0.1, -0.05) is 67.4 Å². The fourth-order valence-electron chi connectivity index (χ4n) is 4.02. The van der Waals surface area contributed by atoms with Crippen LogP contribution in [0, 0.1) is 5.92 Å². The van der Waals surface area contributed by atoms with Gasteiger partial charge in [-0.15, -0.1) is 0 Å². The van der Waals surface area contributed by atoms with E-state index >= 15 is 0 Å². The lowest BCUT2D eigenvalue weighted by Crippen LogP contribution is -2.09. The molecule has 0 aliphatic rings. The van der Waals surface area contributed by atoms with Crippen molar-refractivity contribution in [1.82, 2.24) is 9.55 Å². The van der Waals surface area contributed by atoms with E-state index in [-0.39, 0.29) is 34.7 Å². The molecule has 0 saturated heterocycles. The second-order valence-corrected chi connectivity index (χ2v) is 9.25. The molecular weight excluding hydrogens is 487 g/mol. The zero-order valence-corrected chi connectivity index (χ0v) is 20.3. The van der Waals surface area contributed by atoms with Gasteiger partial charge >= 0.3 is 0 Å². The first-order chi connectivity index (χ1) is 16.8. The summed E-state index contributed by atoms with van der Waals surface area (Å²) in [4.78, 5) is 17.9. The van der Waals surface area contributed by atoms with Crippen molar-refractivity contribution < 1.29 is 19.4 Å². The van der Waals surface area contributed by atoms with Gasteiger partial charge in [-0.05, 0) is 29.8 Å². The summed E-state index contributed by atoms with van der Waals surface area (Å²) >= 11 is 12.7. The van der Waals surface area contributed by atoms with E-state index in [4.69, 9.17) is 32.6 Å². The molecule has 8 heteroatoms. The van der Waals surface area contributed by atoms with E-state index in [1.807, 2.05) is 36.4 Å². The van der Waals surface area contributed by atoms with Gasteiger partial charge in [0.2, 0.25) is 11.5 Å². The zero-order chi connectivity index (χ0) is 24.9. The van der Waals surface area contributed by atoms with Crippen LogP contribution in [-0.4, -0.2) is 25.5 Å². The molecule has 0 spiro atoms. The smallest absolute Gasteiger partial charge is 0.229 e. The molecule has 176 valence electrons. The molecule has 0 unspecified atom stereocenters. The Morgan fingerprint density at radius 2 is 1.60 bits per heavy atom. The van der Waals surface area contributed by atoms with E-state index in [1.54, 1.807) is 32.0 Å². The van der Waals surface area contributed by atoms with Gasteiger partial charge in [0.25, 0.3) is 0 Å². The maximum Gasteiger partial charge on any atom is 0.229 e. The van der Waals surface area contributed by atoms with Crippen LogP contribution in [0.5, 0.6) is 11.8 Å². The van der Waals surface area contributed by atoms with Crippen molar-refractivity contribution >= 4 is 40.1 Å². The molecule has 0 aliphatic carbocycles. The molecule has 0 bridgehead atoms. The fraction of sp³-hybridized carbons (Fsp3) is 0.111. The highest BCUT2D eigenvalue weighted by Gasteiger charge is 2.29. The minimum absolute atomic E-state index is 0.0114. The van der Waals surface area contributed by atoms with Crippen LogP contribution in [0.2, 0.25) is 10.0 Å². The van der Waals surface area contributed by atoms with Crippen LogP contribution in [0.15, 0.2) is 71.1 Å². The Morgan fingerprint density at radius 3 is 2.23 bits per heavy atom. The first-order valence-electron chi connectivity index (χ1n) is 10.9. The van der Waals surface area contributed by atoms with E-state index in [0.29, 0.717) is 32.3 Å². The monoisotopic (exact) mass is 506 g/mol. The van der Waals surface area contributed by atoms with Crippen LogP contribution < -0.4 is 0 Å². The fourth-order valence-corrected chi connectivity index (χ4v) is 4.37. The second-order valence-electron chi connectivity index (χ2n) is 8.41. The maximum atomic E-state index is 13.1. The molecule has 0 saturated carbocycles. The van der Waals surface area contributed by atoms with E-state index in [1.165, 1.54) is 16.7 Å². The Bertz CT molecular complexity index is 1560. The predicted octanol–water partition coefficient (Wildman–Crippen LogP) is 7.51. The number of Topliss-reactive ketones (excluding diaryl/α,β-unsaturated/α-hetero) is 1. The molecule has 0 radical (unpaired) electrons. The third-order valence-electron chi connectivity index (χ3n) is 5.75. The van der Waals surface area contributed by atoms with Crippen LogP contribution in [0.25, 0.3) is 39.2 Å². The van der Waals surface area contributed by atoms with E-state index < -0.39 is 5.92 Å². The minimum Gasteiger partial charge on any atom is -0.494 e. The number of furan rings is 1. The summed E-state index contributed by atoms with van der Waals surface area (Å²) < 4.78 is 7.17. The number of aromatic hydroxyl groups is 2. The Labute approximate surface area is 211 Å². The number of aromatic nitrogens is 2. The molecule has 0 fully saturated rings. The highest BCUT2D eigenvalue weighted by molar-refractivity contribution is 6.33. The number of pyridine rings is 1. The quantitative estimate of drug-likeness (QED) is 0.240. The number of halogens is 2. The topological polar surface area (TPSA) is 88.5 Å². The lowest BCUT2D eigenvalue weighted by Gasteiger charge is -2.12. The molecule has 6 nitrogen and oxygen atoms in total. The van der Waals surface area contributed by atoms with Crippen LogP contribution in [0.4, 0.5) is 0 Å². The van der Waals surface area contributed by atoms with Crippen LogP contribution in [-0.2, 0) is 0 Å². The van der Waals surface area contributed by atoms with Gasteiger partial charge in [-0.2, -0.15) is 0 Å².